The molecule has 17 heavy (non-hydrogen) atoms. The van der Waals surface area contributed by atoms with E-state index in [1.165, 1.54) is 30.4 Å². The second-order valence-corrected chi connectivity index (χ2v) is 6.02. The average Bonchev–Trinajstić information content (AvgIpc) is 2.27. The van der Waals surface area contributed by atoms with E-state index in [1.807, 2.05) is 0 Å². The van der Waals surface area contributed by atoms with Crippen molar-refractivity contribution in [1.82, 2.24) is 0 Å². The fraction of sp³-hybridized carbons (Fsp3) is 0.562. The third-order valence-electron chi connectivity index (χ3n) is 4.72. The zero-order valence-electron chi connectivity index (χ0n) is 10.8. The van der Waals surface area contributed by atoms with Crippen molar-refractivity contribution >= 4 is 5.78 Å². The van der Waals surface area contributed by atoms with Crippen LogP contribution in [0.15, 0.2) is 18.2 Å². The van der Waals surface area contributed by atoms with Crippen molar-refractivity contribution in [2.45, 2.75) is 57.3 Å². The van der Waals surface area contributed by atoms with Gasteiger partial charge >= 0.3 is 0 Å². The van der Waals surface area contributed by atoms with Crippen LogP contribution in [0.25, 0.3) is 0 Å². The van der Waals surface area contributed by atoms with E-state index < -0.39 is 0 Å². The maximum Gasteiger partial charge on any atom is 0.163 e. The zero-order valence-corrected chi connectivity index (χ0v) is 10.8. The lowest BCUT2D eigenvalue weighted by atomic mass is 9.58. The molecule has 0 N–H and O–H groups in total. The van der Waals surface area contributed by atoms with Crippen molar-refractivity contribution in [3.63, 3.8) is 0 Å². The Bertz CT molecular complexity index is 466. The second-order valence-electron chi connectivity index (χ2n) is 6.02. The SMILES string of the molecule is CC(C)c1ccc2c(c1)C1(CCC1)CCC2=O. The first-order chi connectivity index (χ1) is 8.12. The normalized spacial score (nSPS) is 21.5. The lowest BCUT2D eigenvalue weighted by Gasteiger charge is -2.46. The quantitative estimate of drug-likeness (QED) is 0.703. The lowest BCUT2D eigenvalue weighted by molar-refractivity contribution is 0.0920. The molecule has 1 heteroatoms. The van der Waals surface area contributed by atoms with Crippen molar-refractivity contribution in [2.75, 3.05) is 0 Å². The average molecular weight is 228 g/mol. The van der Waals surface area contributed by atoms with Crippen LogP contribution in [0.4, 0.5) is 0 Å². The summed E-state index contributed by atoms with van der Waals surface area (Å²) >= 11 is 0. The molecule has 0 heterocycles. The largest absolute Gasteiger partial charge is 0.294 e. The molecule has 1 saturated carbocycles. The van der Waals surface area contributed by atoms with Gasteiger partial charge in [-0.25, -0.2) is 0 Å². The first-order valence-corrected chi connectivity index (χ1v) is 6.80. The summed E-state index contributed by atoms with van der Waals surface area (Å²) in [4.78, 5) is 12.0. The molecule has 0 unspecified atom stereocenters. The maximum atomic E-state index is 12.0. The molecule has 0 amide bonds. The van der Waals surface area contributed by atoms with Gasteiger partial charge in [0.25, 0.3) is 0 Å². The molecule has 0 radical (unpaired) electrons. The highest BCUT2D eigenvalue weighted by Crippen LogP contribution is 2.51. The Morgan fingerprint density at radius 3 is 2.53 bits per heavy atom. The molecular weight excluding hydrogens is 208 g/mol. The smallest absolute Gasteiger partial charge is 0.163 e. The van der Waals surface area contributed by atoms with E-state index in [1.54, 1.807) is 0 Å². The van der Waals surface area contributed by atoms with Gasteiger partial charge in [-0.15, -0.1) is 0 Å². The third-order valence-corrected chi connectivity index (χ3v) is 4.72. The van der Waals surface area contributed by atoms with Gasteiger partial charge in [0.2, 0.25) is 0 Å². The van der Waals surface area contributed by atoms with Gasteiger partial charge in [0, 0.05) is 12.0 Å². The summed E-state index contributed by atoms with van der Waals surface area (Å²) in [6.07, 6.45) is 5.75. The van der Waals surface area contributed by atoms with E-state index in [4.69, 9.17) is 0 Å². The van der Waals surface area contributed by atoms with Crippen molar-refractivity contribution in [3.05, 3.63) is 34.9 Å². The van der Waals surface area contributed by atoms with Gasteiger partial charge in [-0.1, -0.05) is 38.5 Å². The molecule has 0 aromatic heterocycles. The fourth-order valence-corrected chi connectivity index (χ4v) is 3.35. The number of fused-ring (bicyclic) bond motifs is 2. The number of ketones is 1. The van der Waals surface area contributed by atoms with Crippen LogP contribution >= 0.6 is 0 Å². The minimum Gasteiger partial charge on any atom is -0.294 e. The van der Waals surface area contributed by atoms with Crippen molar-refractivity contribution in [2.24, 2.45) is 0 Å². The van der Waals surface area contributed by atoms with Gasteiger partial charge in [-0.3, -0.25) is 4.79 Å². The van der Waals surface area contributed by atoms with Crippen LogP contribution in [0, 0.1) is 0 Å². The molecule has 3 rings (SSSR count). The number of Topliss-reactive ketones (excluding diaryl/α,β-unsaturated/α-hetero) is 1. The first kappa shape index (κ1) is 11.0. The summed E-state index contributed by atoms with van der Waals surface area (Å²) < 4.78 is 0. The molecule has 2 aliphatic carbocycles. The summed E-state index contributed by atoms with van der Waals surface area (Å²) in [5.41, 5.74) is 4.13. The standard InChI is InChI=1S/C16H20O/c1-11(2)12-4-5-13-14(10-12)16(7-3-8-16)9-6-15(13)17/h4-5,10-11H,3,6-9H2,1-2H3. The minimum absolute atomic E-state index is 0.354. The Morgan fingerprint density at radius 2 is 1.94 bits per heavy atom. The first-order valence-electron chi connectivity index (χ1n) is 6.80. The van der Waals surface area contributed by atoms with Gasteiger partial charge in [0.15, 0.2) is 5.78 Å². The summed E-state index contributed by atoms with van der Waals surface area (Å²) in [6.45, 7) is 4.44. The molecule has 2 aliphatic rings. The zero-order chi connectivity index (χ0) is 12.0. The number of benzene rings is 1. The fourth-order valence-electron chi connectivity index (χ4n) is 3.35. The number of carbonyl (C=O) groups is 1. The number of rotatable bonds is 1. The highest BCUT2D eigenvalue weighted by molar-refractivity contribution is 5.99. The predicted octanol–water partition coefficient (Wildman–Crippen LogP) is 4.21. The topological polar surface area (TPSA) is 17.1 Å². The van der Waals surface area contributed by atoms with Crippen molar-refractivity contribution < 1.29 is 4.79 Å². The van der Waals surface area contributed by atoms with Gasteiger partial charge in [-0.2, -0.15) is 0 Å². The predicted molar refractivity (Wildman–Crippen MR) is 69.6 cm³/mol. The van der Waals surface area contributed by atoms with Crippen LogP contribution < -0.4 is 0 Å². The molecule has 90 valence electrons. The maximum absolute atomic E-state index is 12.0. The molecular formula is C16H20O. The number of hydrogen-bond acceptors (Lipinski definition) is 1. The molecule has 1 spiro atoms. The molecule has 0 aliphatic heterocycles. The summed E-state index contributed by atoms with van der Waals surface area (Å²) in [6, 6.07) is 6.53. The Morgan fingerprint density at radius 1 is 1.18 bits per heavy atom. The highest BCUT2D eigenvalue weighted by Gasteiger charge is 2.43. The van der Waals surface area contributed by atoms with Crippen LogP contribution in [0.3, 0.4) is 0 Å². The Hall–Kier alpha value is -1.11. The Kier molecular flexibility index (Phi) is 2.39. The monoisotopic (exact) mass is 228 g/mol. The van der Waals surface area contributed by atoms with E-state index in [0.29, 0.717) is 17.1 Å². The molecule has 0 bridgehead atoms. The molecule has 1 nitrogen and oxygen atoms in total. The Labute approximate surface area is 103 Å². The Balaban J connectivity index is 2.13. The molecule has 0 atom stereocenters. The van der Waals surface area contributed by atoms with E-state index in [-0.39, 0.29) is 0 Å². The third kappa shape index (κ3) is 1.55. The minimum atomic E-state index is 0.354. The molecule has 1 aromatic carbocycles. The van der Waals surface area contributed by atoms with Crippen LogP contribution in [0.5, 0.6) is 0 Å². The summed E-state index contributed by atoms with van der Waals surface area (Å²) in [7, 11) is 0. The van der Waals surface area contributed by atoms with Crippen molar-refractivity contribution in [1.29, 1.82) is 0 Å². The van der Waals surface area contributed by atoms with E-state index in [2.05, 4.69) is 32.0 Å². The molecule has 0 saturated heterocycles. The van der Waals surface area contributed by atoms with Gasteiger partial charge < -0.3 is 0 Å². The van der Waals surface area contributed by atoms with Crippen LogP contribution in [-0.2, 0) is 5.41 Å². The van der Waals surface area contributed by atoms with E-state index in [0.717, 1.165) is 18.4 Å². The van der Waals surface area contributed by atoms with E-state index in [9.17, 15) is 4.79 Å². The van der Waals surface area contributed by atoms with Crippen LogP contribution in [-0.4, -0.2) is 5.78 Å². The summed E-state index contributed by atoms with van der Waals surface area (Å²) in [5, 5.41) is 0. The van der Waals surface area contributed by atoms with Crippen LogP contribution in [0.2, 0.25) is 0 Å². The number of carbonyl (C=O) groups excluding carboxylic acids is 1. The molecule has 1 fully saturated rings. The number of hydrogen-bond donors (Lipinski definition) is 0. The van der Waals surface area contributed by atoms with Gasteiger partial charge in [0.1, 0.15) is 0 Å². The molecule has 1 aromatic rings. The van der Waals surface area contributed by atoms with Crippen molar-refractivity contribution in [3.8, 4) is 0 Å². The highest BCUT2D eigenvalue weighted by atomic mass is 16.1. The van der Waals surface area contributed by atoms with Crippen LogP contribution in [0.1, 0.15) is 73.4 Å². The lowest BCUT2D eigenvalue weighted by Crippen LogP contribution is -2.39. The van der Waals surface area contributed by atoms with E-state index >= 15 is 0 Å². The van der Waals surface area contributed by atoms with Gasteiger partial charge in [-0.05, 0) is 41.7 Å². The second kappa shape index (κ2) is 3.69. The van der Waals surface area contributed by atoms with Gasteiger partial charge in [0.05, 0.1) is 0 Å². The summed E-state index contributed by atoms with van der Waals surface area (Å²) in [5.74, 6) is 0.905.